The molecule has 0 aliphatic heterocycles. The van der Waals surface area contributed by atoms with Gasteiger partial charge < -0.3 is 19.3 Å². The van der Waals surface area contributed by atoms with Crippen molar-refractivity contribution in [2.24, 2.45) is 0 Å². The van der Waals surface area contributed by atoms with Gasteiger partial charge in [-0.05, 0) is 36.4 Å². The topological polar surface area (TPSA) is 73.6 Å². The maximum Gasteiger partial charge on any atom is 0.230 e. The molecule has 6 nitrogen and oxygen atoms in total. The summed E-state index contributed by atoms with van der Waals surface area (Å²) in [5.74, 6) is 1.77. The highest BCUT2D eigenvalue weighted by Crippen LogP contribution is 2.25. The summed E-state index contributed by atoms with van der Waals surface area (Å²) in [6.45, 7) is 0. The maximum atomic E-state index is 12.2. The molecule has 1 heterocycles. The van der Waals surface area contributed by atoms with E-state index < -0.39 is 0 Å². The summed E-state index contributed by atoms with van der Waals surface area (Å²) in [6, 6.07) is 16.4. The average Bonchev–Trinajstić information content (AvgIpc) is 3.10. The Labute approximate surface area is 145 Å². The van der Waals surface area contributed by atoms with Crippen LogP contribution in [0.4, 0.5) is 5.69 Å². The molecule has 0 spiro atoms. The second kappa shape index (κ2) is 7.53. The zero-order valence-electron chi connectivity index (χ0n) is 14.0. The van der Waals surface area contributed by atoms with Crippen molar-refractivity contribution in [1.82, 2.24) is 5.16 Å². The number of nitrogens with one attached hydrogen (secondary N) is 1. The summed E-state index contributed by atoms with van der Waals surface area (Å²) < 4.78 is 15.7. The first-order valence-electron chi connectivity index (χ1n) is 7.72. The zero-order valence-corrected chi connectivity index (χ0v) is 14.0. The third-order valence-corrected chi connectivity index (χ3v) is 3.66. The minimum Gasteiger partial charge on any atom is -0.497 e. The number of hydrogen-bond donors (Lipinski definition) is 1. The van der Waals surface area contributed by atoms with Gasteiger partial charge in [0.15, 0.2) is 5.76 Å². The van der Waals surface area contributed by atoms with Gasteiger partial charge in [-0.25, -0.2) is 0 Å². The van der Waals surface area contributed by atoms with Crippen LogP contribution in [-0.2, 0) is 11.2 Å². The van der Waals surface area contributed by atoms with Crippen molar-refractivity contribution in [3.8, 4) is 22.8 Å². The first kappa shape index (κ1) is 16.6. The van der Waals surface area contributed by atoms with Crippen LogP contribution in [0.5, 0.6) is 11.5 Å². The summed E-state index contributed by atoms with van der Waals surface area (Å²) in [7, 11) is 3.17. The fourth-order valence-electron chi connectivity index (χ4n) is 2.39. The Bertz CT molecular complexity index is 856. The van der Waals surface area contributed by atoms with Crippen molar-refractivity contribution in [2.75, 3.05) is 19.5 Å². The predicted molar refractivity (Wildman–Crippen MR) is 93.8 cm³/mol. The summed E-state index contributed by atoms with van der Waals surface area (Å²) in [4.78, 5) is 12.2. The maximum absolute atomic E-state index is 12.2. The number of aromatic nitrogens is 1. The van der Waals surface area contributed by atoms with Gasteiger partial charge in [-0.1, -0.05) is 17.3 Å². The van der Waals surface area contributed by atoms with Crippen LogP contribution in [0, 0.1) is 0 Å². The fraction of sp³-hybridized carbons (Fsp3) is 0.158. The van der Waals surface area contributed by atoms with Gasteiger partial charge in [-0.3, -0.25) is 4.79 Å². The van der Waals surface area contributed by atoms with Crippen LogP contribution in [0.25, 0.3) is 11.3 Å². The molecule has 0 fully saturated rings. The Kier molecular flexibility index (Phi) is 4.99. The van der Waals surface area contributed by atoms with Gasteiger partial charge in [0.1, 0.15) is 11.5 Å². The molecular formula is C19H18N2O4. The largest absolute Gasteiger partial charge is 0.497 e. The zero-order chi connectivity index (χ0) is 17.6. The Morgan fingerprint density at radius 1 is 1.08 bits per heavy atom. The molecular weight excluding hydrogens is 320 g/mol. The van der Waals surface area contributed by atoms with E-state index in [-0.39, 0.29) is 12.3 Å². The van der Waals surface area contributed by atoms with Crippen molar-refractivity contribution in [2.45, 2.75) is 6.42 Å². The van der Waals surface area contributed by atoms with Crippen molar-refractivity contribution in [3.05, 3.63) is 60.3 Å². The van der Waals surface area contributed by atoms with Gasteiger partial charge in [0, 0.05) is 11.6 Å². The quantitative estimate of drug-likeness (QED) is 0.744. The Morgan fingerprint density at radius 3 is 2.56 bits per heavy atom. The number of anilines is 1. The summed E-state index contributed by atoms with van der Waals surface area (Å²) in [6.07, 6.45) is 0.109. The molecule has 25 heavy (non-hydrogen) atoms. The number of hydrogen-bond acceptors (Lipinski definition) is 5. The van der Waals surface area contributed by atoms with E-state index in [2.05, 4.69) is 10.5 Å². The molecule has 0 radical (unpaired) electrons. The van der Waals surface area contributed by atoms with E-state index in [4.69, 9.17) is 14.0 Å². The van der Waals surface area contributed by atoms with Crippen LogP contribution in [-0.4, -0.2) is 25.3 Å². The van der Waals surface area contributed by atoms with Gasteiger partial charge >= 0.3 is 0 Å². The van der Waals surface area contributed by atoms with Crippen molar-refractivity contribution in [3.63, 3.8) is 0 Å². The molecule has 1 amide bonds. The average molecular weight is 338 g/mol. The van der Waals surface area contributed by atoms with Gasteiger partial charge in [0.2, 0.25) is 5.91 Å². The van der Waals surface area contributed by atoms with E-state index in [1.165, 1.54) is 0 Å². The van der Waals surface area contributed by atoms with Crippen LogP contribution in [0.2, 0.25) is 0 Å². The number of benzene rings is 2. The lowest BCUT2D eigenvalue weighted by molar-refractivity contribution is -0.115. The summed E-state index contributed by atoms with van der Waals surface area (Å²) >= 11 is 0. The minimum absolute atomic E-state index is 0.109. The first-order valence-corrected chi connectivity index (χ1v) is 7.72. The summed E-state index contributed by atoms with van der Waals surface area (Å²) in [5, 5.41) is 6.77. The second-order valence-electron chi connectivity index (χ2n) is 5.34. The van der Waals surface area contributed by atoms with E-state index in [0.29, 0.717) is 22.9 Å². The molecule has 0 saturated carbocycles. The predicted octanol–water partition coefficient (Wildman–Crippen LogP) is 3.54. The molecule has 3 rings (SSSR count). The fourth-order valence-corrected chi connectivity index (χ4v) is 2.39. The molecule has 0 saturated heterocycles. The third-order valence-electron chi connectivity index (χ3n) is 3.66. The molecule has 0 atom stereocenters. The number of rotatable bonds is 6. The standard InChI is InChI=1S/C19H18N2O4/c1-23-15-9-7-13(8-10-15)18-11-14(21-25-18)12-19(22)20-16-5-3-4-6-17(16)24-2/h3-11H,12H2,1-2H3,(H,20,22). The molecule has 0 aliphatic carbocycles. The Hall–Kier alpha value is -3.28. The number of amides is 1. The molecule has 0 aliphatic rings. The lowest BCUT2D eigenvalue weighted by Gasteiger charge is -2.08. The molecule has 1 aromatic heterocycles. The SMILES string of the molecule is COc1ccc(-c2cc(CC(=O)Nc3ccccc3OC)no2)cc1. The number of carbonyl (C=O) groups excluding carboxylic acids is 1. The van der Waals surface area contributed by atoms with Crippen LogP contribution < -0.4 is 14.8 Å². The van der Waals surface area contributed by atoms with Crippen LogP contribution >= 0.6 is 0 Å². The smallest absolute Gasteiger partial charge is 0.230 e. The van der Waals surface area contributed by atoms with Crippen molar-refractivity contribution < 1.29 is 18.8 Å². The lowest BCUT2D eigenvalue weighted by Crippen LogP contribution is -2.15. The lowest BCUT2D eigenvalue weighted by atomic mass is 10.1. The normalized spacial score (nSPS) is 10.3. The Balaban J connectivity index is 1.67. The van der Waals surface area contributed by atoms with Gasteiger partial charge in [0.05, 0.1) is 32.0 Å². The number of ether oxygens (including phenoxy) is 2. The van der Waals surface area contributed by atoms with E-state index in [1.807, 2.05) is 36.4 Å². The van der Waals surface area contributed by atoms with Crippen LogP contribution in [0.15, 0.2) is 59.1 Å². The third kappa shape index (κ3) is 3.98. The Morgan fingerprint density at radius 2 is 1.84 bits per heavy atom. The number of methoxy groups -OCH3 is 2. The van der Waals surface area contributed by atoms with Crippen LogP contribution in [0.1, 0.15) is 5.69 Å². The van der Waals surface area contributed by atoms with E-state index in [0.717, 1.165) is 11.3 Å². The van der Waals surface area contributed by atoms with E-state index in [9.17, 15) is 4.79 Å². The van der Waals surface area contributed by atoms with Crippen molar-refractivity contribution in [1.29, 1.82) is 0 Å². The van der Waals surface area contributed by atoms with Crippen molar-refractivity contribution >= 4 is 11.6 Å². The molecule has 128 valence electrons. The number of nitrogens with zero attached hydrogens (tertiary/aromatic N) is 1. The molecule has 0 bridgehead atoms. The van der Waals surface area contributed by atoms with Gasteiger partial charge in [-0.15, -0.1) is 0 Å². The minimum atomic E-state index is -0.195. The van der Waals surface area contributed by atoms with Gasteiger partial charge in [0.25, 0.3) is 0 Å². The van der Waals surface area contributed by atoms with Crippen LogP contribution in [0.3, 0.4) is 0 Å². The molecule has 6 heteroatoms. The van der Waals surface area contributed by atoms with E-state index >= 15 is 0 Å². The number of carbonyl (C=O) groups is 1. The van der Waals surface area contributed by atoms with Gasteiger partial charge in [-0.2, -0.15) is 0 Å². The van der Waals surface area contributed by atoms with E-state index in [1.54, 1.807) is 32.4 Å². The molecule has 0 unspecified atom stereocenters. The molecule has 3 aromatic rings. The molecule has 1 N–H and O–H groups in total. The monoisotopic (exact) mass is 338 g/mol. The summed E-state index contributed by atoms with van der Waals surface area (Å²) in [5.41, 5.74) is 2.04. The number of para-hydroxylation sites is 2. The molecule has 2 aromatic carbocycles. The highest BCUT2D eigenvalue weighted by Gasteiger charge is 2.12. The highest BCUT2D eigenvalue weighted by molar-refractivity contribution is 5.93. The second-order valence-corrected chi connectivity index (χ2v) is 5.34. The highest BCUT2D eigenvalue weighted by atomic mass is 16.5. The first-order chi connectivity index (χ1) is 12.2.